The molecule has 0 fully saturated rings. The molecule has 78 valence electrons. The summed E-state index contributed by atoms with van der Waals surface area (Å²) in [5.74, 6) is 0.306. The fourth-order valence-corrected chi connectivity index (χ4v) is 1.64. The van der Waals surface area contributed by atoms with Gasteiger partial charge in [-0.1, -0.05) is 0 Å². The molecule has 14 heavy (non-hydrogen) atoms. The SMILES string of the molecule is CCN(CC)c1c(O)ccc(N)c1C. The summed E-state index contributed by atoms with van der Waals surface area (Å²) in [6.45, 7) is 7.79. The van der Waals surface area contributed by atoms with Gasteiger partial charge in [0.1, 0.15) is 5.75 Å². The van der Waals surface area contributed by atoms with Gasteiger partial charge in [-0.05, 0) is 38.5 Å². The number of anilines is 2. The Labute approximate surface area is 85.2 Å². The molecular formula is C11H18N2O. The number of benzene rings is 1. The van der Waals surface area contributed by atoms with Crippen LogP contribution in [0.2, 0.25) is 0 Å². The molecule has 0 amide bonds. The van der Waals surface area contributed by atoms with E-state index < -0.39 is 0 Å². The number of nitrogen functional groups attached to an aromatic ring is 1. The van der Waals surface area contributed by atoms with E-state index in [9.17, 15) is 5.11 Å². The van der Waals surface area contributed by atoms with Crippen molar-refractivity contribution >= 4 is 11.4 Å². The molecule has 0 radical (unpaired) electrons. The molecule has 0 aliphatic heterocycles. The first kappa shape index (κ1) is 10.7. The number of nitrogens with two attached hydrogens (primary N) is 1. The number of hydrogen-bond donors (Lipinski definition) is 2. The van der Waals surface area contributed by atoms with Gasteiger partial charge in [-0.3, -0.25) is 0 Å². The zero-order chi connectivity index (χ0) is 10.7. The van der Waals surface area contributed by atoms with Crippen molar-refractivity contribution in [2.75, 3.05) is 23.7 Å². The average molecular weight is 194 g/mol. The van der Waals surface area contributed by atoms with Crippen LogP contribution in [0.3, 0.4) is 0 Å². The van der Waals surface area contributed by atoms with Crippen LogP contribution in [0.4, 0.5) is 11.4 Å². The van der Waals surface area contributed by atoms with Crippen molar-refractivity contribution in [1.29, 1.82) is 0 Å². The van der Waals surface area contributed by atoms with Gasteiger partial charge in [0.2, 0.25) is 0 Å². The lowest BCUT2D eigenvalue weighted by Gasteiger charge is -2.24. The second-order valence-corrected chi connectivity index (χ2v) is 3.32. The van der Waals surface area contributed by atoms with Crippen molar-refractivity contribution in [3.63, 3.8) is 0 Å². The Bertz CT molecular complexity index is 319. The van der Waals surface area contributed by atoms with Gasteiger partial charge >= 0.3 is 0 Å². The molecule has 1 aromatic rings. The Balaban J connectivity index is 3.23. The third kappa shape index (κ3) is 1.76. The van der Waals surface area contributed by atoms with E-state index in [-0.39, 0.29) is 0 Å². The van der Waals surface area contributed by atoms with Crippen LogP contribution in [0.5, 0.6) is 5.75 Å². The number of rotatable bonds is 3. The Hall–Kier alpha value is -1.38. The van der Waals surface area contributed by atoms with Crippen molar-refractivity contribution in [3.8, 4) is 5.75 Å². The third-order valence-corrected chi connectivity index (χ3v) is 2.53. The van der Waals surface area contributed by atoms with Gasteiger partial charge in [0.15, 0.2) is 0 Å². The van der Waals surface area contributed by atoms with E-state index in [4.69, 9.17) is 5.73 Å². The van der Waals surface area contributed by atoms with Crippen molar-refractivity contribution in [2.45, 2.75) is 20.8 Å². The smallest absolute Gasteiger partial charge is 0.139 e. The molecule has 0 aliphatic rings. The molecule has 0 heterocycles. The van der Waals surface area contributed by atoms with Gasteiger partial charge < -0.3 is 15.7 Å². The zero-order valence-corrected chi connectivity index (χ0v) is 9.04. The van der Waals surface area contributed by atoms with Gasteiger partial charge in [-0.2, -0.15) is 0 Å². The lowest BCUT2D eigenvalue weighted by molar-refractivity contribution is 0.474. The summed E-state index contributed by atoms with van der Waals surface area (Å²) in [6.07, 6.45) is 0. The molecule has 1 aromatic carbocycles. The molecule has 0 saturated heterocycles. The van der Waals surface area contributed by atoms with E-state index >= 15 is 0 Å². The summed E-state index contributed by atoms with van der Waals surface area (Å²) in [6, 6.07) is 3.38. The maximum absolute atomic E-state index is 9.75. The van der Waals surface area contributed by atoms with Crippen LogP contribution >= 0.6 is 0 Å². The summed E-state index contributed by atoms with van der Waals surface area (Å²) in [5, 5.41) is 9.75. The van der Waals surface area contributed by atoms with Crippen LogP contribution in [0, 0.1) is 6.92 Å². The van der Waals surface area contributed by atoms with Crippen LogP contribution in [-0.4, -0.2) is 18.2 Å². The molecule has 0 bridgehead atoms. The minimum atomic E-state index is 0.306. The minimum Gasteiger partial charge on any atom is -0.506 e. The normalized spacial score (nSPS) is 10.2. The molecule has 3 nitrogen and oxygen atoms in total. The average Bonchev–Trinajstić information content (AvgIpc) is 2.19. The maximum atomic E-state index is 9.75. The number of phenolic OH excluding ortho intramolecular Hbond substituents is 1. The first-order valence-electron chi connectivity index (χ1n) is 4.94. The molecule has 0 aliphatic carbocycles. The minimum absolute atomic E-state index is 0.306. The monoisotopic (exact) mass is 194 g/mol. The molecular weight excluding hydrogens is 176 g/mol. The third-order valence-electron chi connectivity index (χ3n) is 2.53. The van der Waals surface area contributed by atoms with E-state index in [2.05, 4.69) is 18.7 Å². The molecule has 0 atom stereocenters. The van der Waals surface area contributed by atoms with E-state index in [0.29, 0.717) is 5.75 Å². The van der Waals surface area contributed by atoms with Crippen LogP contribution in [-0.2, 0) is 0 Å². The summed E-state index contributed by atoms with van der Waals surface area (Å²) in [5.41, 5.74) is 8.33. The molecule has 3 heteroatoms. The van der Waals surface area contributed by atoms with Crippen LogP contribution in [0.25, 0.3) is 0 Å². The first-order chi connectivity index (χ1) is 6.61. The molecule has 0 saturated carbocycles. The predicted molar refractivity (Wildman–Crippen MR) is 60.8 cm³/mol. The summed E-state index contributed by atoms with van der Waals surface area (Å²) in [7, 11) is 0. The van der Waals surface area contributed by atoms with Crippen molar-refractivity contribution in [3.05, 3.63) is 17.7 Å². The van der Waals surface area contributed by atoms with Gasteiger partial charge in [0.05, 0.1) is 5.69 Å². The fraction of sp³-hybridized carbons (Fsp3) is 0.455. The van der Waals surface area contributed by atoms with Crippen LogP contribution in [0.15, 0.2) is 12.1 Å². The van der Waals surface area contributed by atoms with Gasteiger partial charge in [0, 0.05) is 18.8 Å². The van der Waals surface area contributed by atoms with Crippen LogP contribution in [0.1, 0.15) is 19.4 Å². The molecule has 1 rings (SSSR count). The lowest BCUT2D eigenvalue weighted by atomic mass is 10.1. The Morgan fingerprint density at radius 3 is 2.36 bits per heavy atom. The summed E-state index contributed by atoms with van der Waals surface area (Å²) >= 11 is 0. The van der Waals surface area contributed by atoms with E-state index in [0.717, 1.165) is 30.0 Å². The highest BCUT2D eigenvalue weighted by Crippen LogP contribution is 2.33. The lowest BCUT2D eigenvalue weighted by Crippen LogP contribution is -2.23. The zero-order valence-electron chi connectivity index (χ0n) is 9.04. The van der Waals surface area contributed by atoms with Crippen molar-refractivity contribution in [2.24, 2.45) is 0 Å². The molecule has 0 spiro atoms. The Morgan fingerprint density at radius 2 is 1.86 bits per heavy atom. The Morgan fingerprint density at radius 1 is 1.29 bits per heavy atom. The van der Waals surface area contributed by atoms with E-state index in [1.165, 1.54) is 0 Å². The number of aromatic hydroxyl groups is 1. The van der Waals surface area contributed by atoms with Gasteiger partial charge in [0.25, 0.3) is 0 Å². The number of phenols is 1. The highest BCUT2D eigenvalue weighted by molar-refractivity contribution is 5.71. The standard InChI is InChI=1S/C11H18N2O/c1-4-13(5-2)11-8(3)9(12)6-7-10(11)14/h6-7,14H,4-5,12H2,1-3H3. The quantitative estimate of drug-likeness (QED) is 0.572. The Kier molecular flexibility index (Phi) is 3.23. The van der Waals surface area contributed by atoms with Gasteiger partial charge in [-0.15, -0.1) is 0 Å². The largest absolute Gasteiger partial charge is 0.506 e. The fourth-order valence-electron chi connectivity index (χ4n) is 1.64. The van der Waals surface area contributed by atoms with E-state index in [1.807, 2.05) is 6.92 Å². The van der Waals surface area contributed by atoms with Crippen molar-refractivity contribution < 1.29 is 5.11 Å². The number of nitrogens with zero attached hydrogens (tertiary/aromatic N) is 1. The first-order valence-corrected chi connectivity index (χ1v) is 4.94. The highest BCUT2D eigenvalue weighted by Gasteiger charge is 2.12. The molecule has 0 unspecified atom stereocenters. The van der Waals surface area contributed by atoms with Crippen molar-refractivity contribution in [1.82, 2.24) is 0 Å². The topological polar surface area (TPSA) is 49.5 Å². The summed E-state index contributed by atoms with van der Waals surface area (Å²) < 4.78 is 0. The highest BCUT2D eigenvalue weighted by atomic mass is 16.3. The second-order valence-electron chi connectivity index (χ2n) is 3.32. The maximum Gasteiger partial charge on any atom is 0.139 e. The molecule has 3 N–H and O–H groups in total. The van der Waals surface area contributed by atoms with E-state index in [1.54, 1.807) is 12.1 Å². The van der Waals surface area contributed by atoms with Gasteiger partial charge in [-0.25, -0.2) is 0 Å². The number of hydrogen-bond acceptors (Lipinski definition) is 3. The van der Waals surface area contributed by atoms with Crippen LogP contribution < -0.4 is 10.6 Å². The second kappa shape index (κ2) is 4.22. The predicted octanol–water partition coefficient (Wildman–Crippen LogP) is 2.13. The molecule has 0 aromatic heterocycles. The summed E-state index contributed by atoms with van der Waals surface area (Å²) in [4.78, 5) is 2.10.